The number of rotatable bonds is 8. The highest BCUT2D eigenvalue weighted by Gasteiger charge is 2.24. The van der Waals surface area contributed by atoms with E-state index in [0.717, 1.165) is 32.5 Å². The van der Waals surface area contributed by atoms with Crippen LogP contribution < -0.4 is 10.2 Å². The minimum atomic E-state index is -0.393. The summed E-state index contributed by atoms with van der Waals surface area (Å²) in [5, 5.41) is 4.97. The molecule has 6 nitrogen and oxygen atoms in total. The van der Waals surface area contributed by atoms with Crippen LogP contribution in [0.3, 0.4) is 0 Å². The zero-order valence-electron chi connectivity index (χ0n) is 15.4. The van der Waals surface area contributed by atoms with E-state index in [0.29, 0.717) is 17.8 Å². The first-order chi connectivity index (χ1) is 13.1. The predicted octanol–water partition coefficient (Wildman–Crippen LogP) is 1.74. The van der Waals surface area contributed by atoms with Crippen molar-refractivity contribution < 1.29 is 24.0 Å². The maximum absolute atomic E-state index is 12.5. The Morgan fingerprint density at radius 2 is 2.11 bits per heavy atom. The van der Waals surface area contributed by atoms with Gasteiger partial charge in [-0.25, -0.2) is 4.79 Å². The highest BCUT2D eigenvalue weighted by molar-refractivity contribution is 7.09. The first-order valence-electron chi connectivity index (χ1n) is 9.10. The SMILES string of the molecule is COC(=O)c1ccc(NC(=O)C[NH+](Cc2cccs2)C[C@@H]2CCCO2)cc1. The molecule has 0 radical (unpaired) electrons. The molecule has 0 saturated carbocycles. The second-order valence-corrected chi connectivity index (χ2v) is 7.67. The summed E-state index contributed by atoms with van der Waals surface area (Å²) < 4.78 is 10.4. The molecule has 2 aromatic rings. The quantitative estimate of drug-likeness (QED) is 0.675. The predicted molar refractivity (Wildman–Crippen MR) is 104 cm³/mol. The minimum absolute atomic E-state index is 0.0506. The molecule has 1 aromatic heterocycles. The van der Waals surface area contributed by atoms with Crippen molar-refractivity contribution in [3.63, 3.8) is 0 Å². The van der Waals surface area contributed by atoms with Gasteiger partial charge in [-0.15, -0.1) is 11.3 Å². The highest BCUT2D eigenvalue weighted by Crippen LogP contribution is 2.12. The zero-order valence-corrected chi connectivity index (χ0v) is 16.2. The van der Waals surface area contributed by atoms with Crippen LogP contribution in [-0.4, -0.2) is 44.8 Å². The van der Waals surface area contributed by atoms with E-state index in [1.54, 1.807) is 35.6 Å². The maximum atomic E-state index is 12.5. The van der Waals surface area contributed by atoms with Crippen molar-refractivity contribution >= 4 is 28.9 Å². The fourth-order valence-electron chi connectivity index (χ4n) is 3.23. The smallest absolute Gasteiger partial charge is 0.337 e. The normalized spacial score (nSPS) is 17.4. The van der Waals surface area contributed by atoms with Gasteiger partial charge in [-0.2, -0.15) is 0 Å². The molecule has 1 saturated heterocycles. The van der Waals surface area contributed by atoms with Crippen LogP contribution in [0.1, 0.15) is 28.1 Å². The van der Waals surface area contributed by atoms with E-state index >= 15 is 0 Å². The number of ether oxygens (including phenoxy) is 2. The third-order valence-electron chi connectivity index (χ3n) is 4.54. The monoisotopic (exact) mass is 389 g/mol. The molecular weight excluding hydrogens is 364 g/mol. The Labute approximate surface area is 163 Å². The lowest BCUT2D eigenvalue weighted by atomic mass is 10.2. The number of hydrogen-bond donors (Lipinski definition) is 2. The van der Waals surface area contributed by atoms with Crippen molar-refractivity contribution in [2.75, 3.05) is 32.1 Å². The molecule has 27 heavy (non-hydrogen) atoms. The van der Waals surface area contributed by atoms with Crippen molar-refractivity contribution in [2.24, 2.45) is 0 Å². The molecule has 0 bridgehead atoms. The van der Waals surface area contributed by atoms with E-state index < -0.39 is 5.97 Å². The van der Waals surface area contributed by atoms with Gasteiger partial charge in [-0.3, -0.25) is 4.79 Å². The topological polar surface area (TPSA) is 69.1 Å². The Hall–Kier alpha value is -2.22. The van der Waals surface area contributed by atoms with Crippen LogP contribution in [0.2, 0.25) is 0 Å². The Kier molecular flexibility index (Phi) is 6.98. The lowest BCUT2D eigenvalue weighted by Crippen LogP contribution is -3.12. The Balaban J connectivity index is 1.58. The molecule has 1 amide bonds. The van der Waals surface area contributed by atoms with E-state index in [9.17, 15) is 9.59 Å². The molecule has 1 aliphatic heterocycles. The van der Waals surface area contributed by atoms with Crippen LogP contribution in [0.4, 0.5) is 5.69 Å². The Morgan fingerprint density at radius 1 is 1.30 bits per heavy atom. The fraction of sp³-hybridized carbons (Fsp3) is 0.400. The van der Waals surface area contributed by atoms with Gasteiger partial charge in [0.25, 0.3) is 5.91 Å². The number of nitrogens with one attached hydrogen (secondary N) is 2. The number of esters is 1. The van der Waals surface area contributed by atoms with Gasteiger partial charge in [0.1, 0.15) is 19.2 Å². The van der Waals surface area contributed by atoms with Crippen LogP contribution >= 0.6 is 11.3 Å². The van der Waals surface area contributed by atoms with Gasteiger partial charge in [0.05, 0.1) is 17.6 Å². The van der Waals surface area contributed by atoms with Gasteiger partial charge in [0.2, 0.25) is 0 Å². The summed E-state index contributed by atoms with van der Waals surface area (Å²) in [6.07, 6.45) is 2.38. The van der Waals surface area contributed by atoms with Gasteiger partial charge in [0.15, 0.2) is 6.54 Å². The molecule has 1 aromatic carbocycles. The van der Waals surface area contributed by atoms with E-state index in [1.165, 1.54) is 16.9 Å². The summed E-state index contributed by atoms with van der Waals surface area (Å²) in [5.41, 5.74) is 1.12. The number of hydrogen-bond acceptors (Lipinski definition) is 5. The molecule has 0 aliphatic carbocycles. The van der Waals surface area contributed by atoms with Crippen molar-refractivity contribution in [3.8, 4) is 0 Å². The largest absolute Gasteiger partial charge is 0.465 e. The summed E-state index contributed by atoms with van der Waals surface area (Å²) >= 11 is 1.71. The molecule has 0 spiro atoms. The number of carbonyl (C=O) groups is 2. The third-order valence-corrected chi connectivity index (χ3v) is 5.42. The van der Waals surface area contributed by atoms with E-state index in [1.807, 2.05) is 6.07 Å². The average molecular weight is 389 g/mol. The van der Waals surface area contributed by atoms with Crippen LogP contribution in [0.5, 0.6) is 0 Å². The summed E-state index contributed by atoms with van der Waals surface area (Å²) in [7, 11) is 1.34. The van der Waals surface area contributed by atoms with Crippen LogP contribution in [0.15, 0.2) is 41.8 Å². The second-order valence-electron chi connectivity index (χ2n) is 6.64. The number of methoxy groups -OCH3 is 1. The lowest BCUT2D eigenvalue weighted by molar-refractivity contribution is -0.908. The van der Waals surface area contributed by atoms with Gasteiger partial charge < -0.3 is 19.7 Å². The Morgan fingerprint density at radius 3 is 2.74 bits per heavy atom. The molecule has 1 unspecified atom stereocenters. The van der Waals surface area contributed by atoms with Crippen molar-refractivity contribution in [1.82, 2.24) is 0 Å². The van der Waals surface area contributed by atoms with Gasteiger partial charge in [0, 0.05) is 12.3 Å². The molecule has 2 atom stereocenters. The van der Waals surface area contributed by atoms with Gasteiger partial charge in [-0.05, 0) is 48.6 Å². The van der Waals surface area contributed by atoms with E-state index in [-0.39, 0.29) is 12.0 Å². The zero-order chi connectivity index (χ0) is 19.1. The maximum Gasteiger partial charge on any atom is 0.337 e. The summed E-state index contributed by atoms with van der Waals surface area (Å²) in [4.78, 5) is 26.5. The standard InChI is InChI=1S/C20H24N2O4S/c1-25-20(24)15-6-8-16(9-7-15)21-19(23)14-22(12-17-4-2-10-26-17)13-18-5-3-11-27-18/h3,5-9,11,17H,2,4,10,12-14H2,1H3,(H,21,23)/p+1/t17-/m0/s1. The summed E-state index contributed by atoms with van der Waals surface area (Å²) in [5.74, 6) is -0.443. The third kappa shape index (κ3) is 5.89. The summed E-state index contributed by atoms with van der Waals surface area (Å²) in [6, 6.07) is 10.8. The van der Waals surface area contributed by atoms with Gasteiger partial charge in [-0.1, -0.05) is 6.07 Å². The highest BCUT2D eigenvalue weighted by atomic mass is 32.1. The lowest BCUT2D eigenvalue weighted by Gasteiger charge is -2.21. The molecule has 7 heteroatoms. The molecule has 2 N–H and O–H groups in total. The van der Waals surface area contributed by atoms with E-state index in [4.69, 9.17) is 4.74 Å². The minimum Gasteiger partial charge on any atom is -0.465 e. The first kappa shape index (κ1) is 19.5. The number of quaternary nitrogens is 1. The van der Waals surface area contributed by atoms with Crippen LogP contribution in [0, 0.1) is 0 Å². The number of amides is 1. The van der Waals surface area contributed by atoms with Gasteiger partial charge >= 0.3 is 5.97 Å². The Bertz CT molecular complexity index is 740. The van der Waals surface area contributed by atoms with E-state index in [2.05, 4.69) is 21.5 Å². The fourth-order valence-corrected chi connectivity index (χ4v) is 4.01. The average Bonchev–Trinajstić information content (AvgIpc) is 3.36. The van der Waals surface area contributed by atoms with Crippen molar-refractivity contribution in [1.29, 1.82) is 0 Å². The molecule has 1 aliphatic rings. The number of anilines is 1. The summed E-state index contributed by atoms with van der Waals surface area (Å²) in [6.45, 7) is 2.82. The molecular formula is C20H25N2O4S+. The number of carbonyl (C=O) groups excluding carboxylic acids is 2. The van der Waals surface area contributed by atoms with Crippen molar-refractivity contribution in [2.45, 2.75) is 25.5 Å². The molecule has 3 rings (SSSR count). The molecule has 2 heterocycles. The first-order valence-corrected chi connectivity index (χ1v) is 9.98. The molecule has 1 fully saturated rings. The van der Waals surface area contributed by atoms with Crippen LogP contribution in [0.25, 0.3) is 0 Å². The number of benzene rings is 1. The van der Waals surface area contributed by atoms with Crippen LogP contribution in [-0.2, 0) is 20.8 Å². The van der Waals surface area contributed by atoms with Crippen molar-refractivity contribution in [3.05, 3.63) is 52.2 Å². The molecule has 144 valence electrons. The number of thiophene rings is 1. The second kappa shape index (κ2) is 9.64.